The van der Waals surface area contributed by atoms with Crippen LogP contribution in [0.15, 0.2) is 90.5 Å². The maximum atomic E-state index is 15.5. The number of hydrogen-bond donors (Lipinski definition) is 0. The maximum Gasteiger partial charge on any atom is 0.277 e. The number of halogens is 2. The van der Waals surface area contributed by atoms with Crippen LogP contribution in [0.3, 0.4) is 0 Å². The number of rotatable bonds is 9. The molecule has 0 N–H and O–H groups in total. The summed E-state index contributed by atoms with van der Waals surface area (Å²) in [5, 5.41) is 0. The summed E-state index contributed by atoms with van der Waals surface area (Å²) in [6.45, 7) is 8.00. The Bertz CT molecular complexity index is 1360. The summed E-state index contributed by atoms with van der Waals surface area (Å²) in [6, 6.07) is 23.0. The van der Waals surface area contributed by atoms with Gasteiger partial charge in [0, 0.05) is 50.9 Å². The minimum atomic E-state index is -3.02. The van der Waals surface area contributed by atoms with Crippen LogP contribution in [0.2, 0.25) is 0 Å². The Balaban J connectivity index is 1.40. The number of ether oxygens (including phenoxy) is 3. The Labute approximate surface area is 235 Å². The van der Waals surface area contributed by atoms with Crippen LogP contribution in [-0.4, -0.2) is 33.6 Å². The van der Waals surface area contributed by atoms with Crippen molar-refractivity contribution in [1.82, 2.24) is 0 Å². The summed E-state index contributed by atoms with van der Waals surface area (Å²) in [6.07, 6.45) is 1.40. The summed E-state index contributed by atoms with van der Waals surface area (Å²) < 4.78 is 47.9. The summed E-state index contributed by atoms with van der Waals surface area (Å²) >= 11 is 0. The van der Waals surface area contributed by atoms with Crippen molar-refractivity contribution in [3.05, 3.63) is 113 Å². The van der Waals surface area contributed by atoms with Crippen LogP contribution < -0.4 is 9.64 Å². The van der Waals surface area contributed by atoms with E-state index in [2.05, 4.69) is 23.6 Å². The van der Waals surface area contributed by atoms with Gasteiger partial charge >= 0.3 is 0 Å². The molecule has 2 aliphatic rings. The number of benzene rings is 3. The zero-order chi connectivity index (χ0) is 28.3. The Morgan fingerprint density at radius 1 is 0.975 bits per heavy atom. The number of piperidine rings is 1. The molecule has 0 spiro atoms. The van der Waals surface area contributed by atoms with Crippen molar-refractivity contribution in [1.29, 1.82) is 0 Å². The van der Waals surface area contributed by atoms with E-state index in [1.54, 1.807) is 33.3 Å². The lowest BCUT2D eigenvalue weighted by molar-refractivity contribution is -0.141. The molecular weight excluding hydrogens is 508 g/mol. The molecule has 0 amide bonds. The number of alkyl halides is 2. The van der Waals surface area contributed by atoms with Gasteiger partial charge < -0.3 is 19.1 Å². The molecule has 0 aromatic heterocycles. The molecule has 5 rings (SSSR count). The van der Waals surface area contributed by atoms with E-state index in [1.165, 1.54) is 6.07 Å². The lowest BCUT2D eigenvalue weighted by atomic mass is 9.78. The molecule has 0 radical (unpaired) electrons. The van der Waals surface area contributed by atoms with Gasteiger partial charge in [0.15, 0.2) is 6.29 Å². The Morgan fingerprint density at radius 2 is 1.65 bits per heavy atom. The number of methoxy groups -OCH3 is 2. The Kier molecular flexibility index (Phi) is 8.38. The average molecular weight is 546 g/mol. The first-order valence-corrected chi connectivity index (χ1v) is 13.8. The van der Waals surface area contributed by atoms with Crippen molar-refractivity contribution < 1.29 is 23.0 Å². The molecule has 210 valence electrons. The van der Waals surface area contributed by atoms with E-state index in [-0.39, 0.29) is 18.3 Å². The summed E-state index contributed by atoms with van der Waals surface area (Å²) in [5.41, 5.74) is 5.60. The molecule has 3 aromatic rings. The largest absolute Gasteiger partial charge is 0.489 e. The minimum absolute atomic E-state index is 0.00458. The van der Waals surface area contributed by atoms with Crippen LogP contribution in [0, 0.1) is 5.92 Å². The van der Waals surface area contributed by atoms with E-state index < -0.39 is 5.92 Å². The van der Waals surface area contributed by atoms with Crippen LogP contribution in [-0.2, 0) is 22.0 Å². The first kappa shape index (κ1) is 28.1. The molecule has 4 nitrogen and oxygen atoms in total. The van der Waals surface area contributed by atoms with E-state index in [0.717, 1.165) is 48.3 Å². The molecule has 6 heteroatoms. The van der Waals surface area contributed by atoms with E-state index >= 15 is 8.78 Å². The van der Waals surface area contributed by atoms with Crippen molar-refractivity contribution in [3.63, 3.8) is 0 Å². The summed E-state index contributed by atoms with van der Waals surface area (Å²) in [4.78, 5) is 2.36. The zero-order valence-corrected chi connectivity index (χ0v) is 23.5. The van der Waals surface area contributed by atoms with Crippen molar-refractivity contribution in [2.24, 2.45) is 5.92 Å². The second-order valence-corrected chi connectivity index (χ2v) is 10.7. The Morgan fingerprint density at radius 3 is 2.27 bits per heavy atom. The highest BCUT2D eigenvalue weighted by Crippen LogP contribution is 2.49. The lowest BCUT2D eigenvalue weighted by Crippen LogP contribution is -2.39. The molecule has 3 aromatic carbocycles. The topological polar surface area (TPSA) is 30.9 Å². The predicted molar refractivity (Wildman–Crippen MR) is 156 cm³/mol. The number of anilines is 1. The van der Waals surface area contributed by atoms with Crippen molar-refractivity contribution >= 4 is 11.3 Å². The highest BCUT2D eigenvalue weighted by molar-refractivity contribution is 5.88. The smallest absolute Gasteiger partial charge is 0.277 e. The molecule has 1 saturated heterocycles. The lowest BCUT2D eigenvalue weighted by Gasteiger charge is -2.36. The predicted octanol–water partition coefficient (Wildman–Crippen LogP) is 7.97. The highest BCUT2D eigenvalue weighted by Gasteiger charge is 2.41. The van der Waals surface area contributed by atoms with Gasteiger partial charge in [0.2, 0.25) is 0 Å². The van der Waals surface area contributed by atoms with Crippen LogP contribution in [0.5, 0.6) is 5.75 Å². The van der Waals surface area contributed by atoms with Crippen molar-refractivity contribution in [2.45, 2.75) is 45.0 Å². The first-order chi connectivity index (χ1) is 19.3. The standard InChI is InChI=1S/C34H37F2NO3/c1-23(2)30-21-34(35,36)31-20-28(40-22-24-8-6-5-7-9-24)14-15-29(31)32(30)25-10-12-27(13-11-25)37-18-16-26(17-19-37)33(38-3)39-4/h5-15,20,26,33H,1,16-19,21-22H2,2-4H3. The number of hydrogen-bond acceptors (Lipinski definition) is 4. The van der Waals surface area contributed by atoms with Gasteiger partial charge in [0.25, 0.3) is 5.92 Å². The van der Waals surface area contributed by atoms with E-state index in [9.17, 15) is 0 Å². The fraction of sp³-hybridized carbons (Fsp3) is 0.353. The van der Waals surface area contributed by atoms with Gasteiger partial charge in [-0.15, -0.1) is 0 Å². The summed E-state index contributed by atoms with van der Waals surface area (Å²) in [5.74, 6) is -2.22. The van der Waals surface area contributed by atoms with Crippen molar-refractivity contribution in [2.75, 3.05) is 32.2 Å². The second kappa shape index (κ2) is 11.9. The third kappa shape index (κ3) is 5.84. The van der Waals surface area contributed by atoms with Gasteiger partial charge in [-0.1, -0.05) is 60.7 Å². The minimum Gasteiger partial charge on any atom is -0.489 e. The SMILES string of the molecule is C=C(C)C1=C(c2ccc(N3CCC(C(OC)OC)CC3)cc2)c2ccc(OCc3ccccc3)cc2C(F)(F)C1. The van der Waals surface area contributed by atoms with E-state index in [0.29, 0.717) is 35.0 Å². The maximum absolute atomic E-state index is 15.5. The van der Waals surface area contributed by atoms with Gasteiger partial charge in [-0.3, -0.25) is 0 Å². The van der Waals surface area contributed by atoms with Crippen LogP contribution in [0.4, 0.5) is 14.5 Å². The molecule has 0 saturated carbocycles. The molecule has 0 unspecified atom stereocenters. The molecule has 0 bridgehead atoms. The number of allylic oxidation sites excluding steroid dienone is 2. The van der Waals surface area contributed by atoms with Crippen LogP contribution >= 0.6 is 0 Å². The average Bonchev–Trinajstić information content (AvgIpc) is 2.97. The second-order valence-electron chi connectivity index (χ2n) is 10.7. The molecule has 1 heterocycles. The number of fused-ring (bicyclic) bond motifs is 1. The first-order valence-electron chi connectivity index (χ1n) is 13.8. The van der Waals surface area contributed by atoms with Gasteiger partial charge in [0.1, 0.15) is 12.4 Å². The fourth-order valence-corrected chi connectivity index (χ4v) is 5.89. The molecule has 0 atom stereocenters. The summed E-state index contributed by atoms with van der Waals surface area (Å²) in [7, 11) is 3.37. The van der Waals surface area contributed by atoms with E-state index in [4.69, 9.17) is 14.2 Å². The monoisotopic (exact) mass is 545 g/mol. The molecule has 1 fully saturated rings. The van der Waals surface area contributed by atoms with E-state index in [1.807, 2.05) is 42.5 Å². The normalized spacial score (nSPS) is 17.2. The Hall–Kier alpha value is -3.48. The molecular formula is C34H37F2NO3. The number of nitrogens with zero attached hydrogens (tertiary/aromatic N) is 1. The zero-order valence-electron chi connectivity index (χ0n) is 23.5. The van der Waals surface area contributed by atoms with Gasteiger partial charge in [-0.25, -0.2) is 8.78 Å². The van der Waals surface area contributed by atoms with Gasteiger partial charge in [-0.2, -0.15) is 0 Å². The third-order valence-corrected chi connectivity index (χ3v) is 8.03. The molecule has 40 heavy (non-hydrogen) atoms. The third-order valence-electron chi connectivity index (χ3n) is 8.03. The quantitative estimate of drug-likeness (QED) is 0.255. The molecule has 1 aliphatic carbocycles. The van der Waals surface area contributed by atoms with Crippen molar-refractivity contribution in [3.8, 4) is 5.75 Å². The van der Waals surface area contributed by atoms with Crippen LogP contribution in [0.25, 0.3) is 5.57 Å². The fourth-order valence-electron chi connectivity index (χ4n) is 5.89. The highest BCUT2D eigenvalue weighted by atomic mass is 19.3. The molecule has 1 aliphatic heterocycles. The van der Waals surface area contributed by atoms with Gasteiger partial charge in [0.05, 0.1) is 0 Å². The van der Waals surface area contributed by atoms with Crippen LogP contribution in [0.1, 0.15) is 48.4 Å². The van der Waals surface area contributed by atoms with Gasteiger partial charge in [-0.05, 0) is 71.9 Å².